The molecule has 0 aliphatic carbocycles. The van der Waals surface area contributed by atoms with Crippen LogP contribution in [0.2, 0.25) is 0 Å². The molecule has 0 bridgehead atoms. The minimum absolute atomic E-state index is 0.0473. The largest absolute Gasteiger partial charge is 0.367 e. The Kier molecular flexibility index (Phi) is 4.27. The van der Waals surface area contributed by atoms with Crippen molar-refractivity contribution >= 4 is 40.1 Å². The van der Waals surface area contributed by atoms with Crippen molar-refractivity contribution in [3.8, 4) is 0 Å². The highest BCUT2D eigenvalue weighted by Crippen LogP contribution is 2.11. The highest BCUT2D eigenvalue weighted by Gasteiger charge is 2.25. The maximum atomic E-state index is 12.2. The number of aryl methyl sites for hydroxylation is 1. The third kappa shape index (κ3) is 3.37. The van der Waals surface area contributed by atoms with Crippen molar-refractivity contribution in [1.82, 2.24) is 0 Å². The number of carbonyl (C=O) groups is 1. The first-order valence-corrected chi connectivity index (χ1v) is 7.79. The lowest BCUT2D eigenvalue weighted by Gasteiger charge is -2.00. The van der Waals surface area contributed by atoms with Crippen molar-refractivity contribution in [1.29, 1.82) is 0 Å². The van der Waals surface area contributed by atoms with E-state index in [0.29, 0.717) is 5.56 Å². The molecule has 1 atom stereocenters. The van der Waals surface area contributed by atoms with Gasteiger partial charge in [0, 0.05) is 22.2 Å². The van der Waals surface area contributed by atoms with Crippen LogP contribution in [0.3, 0.4) is 0 Å². The number of hydrogen-bond acceptors (Lipinski definition) is 2. The molecule has 0 aromatic heterocycles. The van der Waals surface area contributed by atoms with Gasteiger partial charge in [-0.2, -0.15) is 4.90 Å². The lowest BCUT2D eigenvalue weighted by molar-refractivity contribution is -0.634. The van der Waals surface area contributed by atoms with Gasteiger partial charge in [-0.05, 0) is 23.7 Å². The second-order valence-corrected chi connectivity index (χ2v) is 6.14. The van der Waals surface area contributed by atoms with Gasteiger partial charge in [-0.3, -0.25) is 4.79 Å². The van der Waals surface area contributed by atoms with Gasteiger partial charge in [-0.15, -0.1) is 0 Å². The zero-order valence-electron chi connectivity index (χ0n) is 12.2. The van der Waals surface area contributed by atoms with Crippen LogP contribution in [-0.4, -0.2) is 29.7 Å². The molecule has 1 unspecified atom stereocenters. The van der Waals surface area contributed by atoms with Crippen LogP contribution in [0.1, 0.15) is 15.9 Å². The summed E-state index contributed by atoms with van der Waals surface area (Å²) in [6.45, 7) is 2.30. The summed E-state index contributed by atoms with van der Waals surface area (Å²) in [5.74, 6) is 0.0473. The predicted molar refractivity (Wildman–Crippen MR) is 90.0 cm³/mol. The summed E-state index contributed by atoms with van der Waals surface area (Å²) in [7, 11) is 0. The van der Waals surface area contributed by atoms with Gasteiger partial charge in [0.15, 0.2) is 0 Å². The molecule has 22 heavy (non-hydrogen) atoms. The summed E-state index contributed by atoms with van der Waals surface area (Å²) in [6, 6.07) is 15.6. The Labute approximate surface area is 137 Å². The second-order valence-electron chi connectivity index (χ2n) is 5.22. The van der Waals surface area contributed by atoms with Gasteiger partial charge in [-0.25, -0.2) is 0 Å². The molecule has 1 aliphatic heterocycles. The number of ketones is 1. The number of carbonyl (C=O) groups excluding carboxylic acids is 1. The lowest BCUT2D eigenvalue weighted by atomic mass is 10.1. The molecular formula is C17H16BrN3O+2. The molecule has 0 saturated carbocycles. The number of rotatable bonds is 4. The Morgan fingerprint density at radius 1 is 1.14 bits per heavy atom. The van der Waals surface area contributed by atoms with Crippen LogP contribution in [-0.2, 0) is 0 Å². The second kappa shape index (κ2) is 6.34. The highest BCUT2D eigenvalue weighted by molar-refractivity contribution is 9.10. The van der Waals surface area contributed by atoms with Gasteiger partial charge in [0.1, 0.15) is 5.69 Å². The molecule has 0 saturated heterocycles. The van der Waals surface area contributed by atoms with Crippen LogP contribution < -0.4 is 4.90 Å². The van der Waals surface area contributed by atoms with E-state index in [9.17, 15) is 4.79 Å². The van der Waals surface area contributed by atoms with Crippen molar-refractivity contribution in [2.45, 2.75) is 6.92 Å². The van der Waals surface area contributed by atoms with Crippen molar-refractivity contribution in [2.24, 2.45) is 5.10 Å². The van der Waals surface area contributed by atoms with E-state index in [1.54, 1.807) is 11.0 Å². The van der Waals surface area contributed by atoms with E-state index in [2.05, 4.69) is 52.2 Å². The number of Topliss-reactive ketones (excluding diaryl/α,β-unsaturated/α-hetero) is 1. The first kappa shape index (κ1) is 14.8. The fourth-order valence-corrected chi connectivity index (χ4v) is 2.48. The van der Waals surface area contributed by atoms with Crippen molar-refractivity contribution in [3.63, 3.8) is 0 Å². The molecule has 110 valence electrons. The first-order valence-electron chi connectivity index (χ1n) is 7.00. The SMILES string of the molecule is Cc1ccc([NH+]2C=N[N+](CC(=O)c3ccc(Br)cc3)=C2)cc1. The maximum Gasteiger partial charge on any atom is 0.367 e. The molecule has 4 nitrogen and oxygen atoms in total. The fraction of sp³-hybridized carbons (Fsp3) is 0.118. The van der Waals surface area contributed by atoms with Crippen LogP contribution in [0.4, 0.5) is 5.69 Å². The van der Waals surface area contributed by atoms with Crippen molar-refractivity contribution < 1.29 is 14.4 Å². The Balaban J connectivity index is 1.70. The first-order chi connectivity index (χ1) is 10.6. The van der Waals surface area contributed by atoms with E-state index in [4.69, 9.17) is 0 Å². The maximum absolute atomic E-state index is 12.2. The third-order valence-electron chi connectivity index (χ3n) is 3.49. The van der Waals surface area contributed by atoms with Crippen LogP contribution in [0.5, 0.6) is 0 Å². The normalized spacial score (nSPS) is 16.6. The number of hydrogen-bond donors (Lipinski definition) is 1. The Morgan fingerprint density at radius 2 is 1.82 bits per heavy atom. The third-order valence-corrected chi connectivity index (χ3v) is 4.02. The van der Waals surface area contributed by atoms with Gasteiger partial charge in [0.2, 0.25) is 12.3 Å². The van der Waals surface area contributed by atoms with Crippen molar-refractivity contribution in [3.05, 3.63) is 64.1 Å². The average Bonchev–Trinajstić information content (AvgIpc) is 2.97. The van der Waals surface area contributed by atoms with E-state index in [1.807, 2.05) is 30.6 Å². The molecule has 5 heteroatoms. The lowest BCUT2D eigenvalue weighted by Crippen LogP contribution is -3.04. The number of benzene rings is 2. The molecular weight excluding hydrogens is 342 g/mol. The minimum Gasteiger partial charge on any atom is -0.287 e. The van der Waals surface area contributed by atoms with E-state index in [-0.39, 0.29) is 12.3 Å². The van der Waals surface area contributed by atoms with E-state index in [1.165, 1.54) is 5.56 Å². The summed E-state index contributed by atoms with van der Waals surface area (Å²) in [4.78, 5) is 13.3. The van der Waals surface area contributed by atoms with Crippen LogP contribution >= 0.6 is 15.9 Å². The van der Waals surface area contributed by atoms with Gasteiger partial charge >= 0.3 is 6.34 Å². The summed E-state index contributed by atoms with van der Waals surface area (Å²) >= 11 is 3.37. The van der Waals surface area contributed by atoms with Gasteiger partial charge in [0.25, 0.3) is 6.34 Å². The smallest absolute Gasteiger partial charge is 0.287 e. The van der Waals surface area contributed by atoms with E-state index >= 15 is 0 Å². The summed E-state index contributed by atoms with van der Waals surface area (Å²) in [5, 5.41) is 4.28. The fourth-order valence-electron chi connectivity index (χ4n) is 2.22. The Hall–Kier alpha value is -2.11. The van der Waals surface area contributed by atoms with Crippen LogP contribution in [0.15, 0.2) is 58.1 Å². The highest BCUT2D eigenvalue weighted by atomic mass is 79.9. The molecule has 0 fully saturated rings. The summed E-state index contributed by atoms with van der Waals surface area (Å²) < 4.78 is 2.64. The molecule has 1 aliphatic rings. The van der Waals surface area contributed by atoms with Crippen LogP contribution in [0, 0.1) is 6.92 Å². The van der Waals surface area contributed by atoms with Gasteiger partial charge in [-0.1, -0.05) is 45.8 Å². The molecule has 2 aromatic carbocycles. The molecule has 0 spiro atoms. The quantitative estimate of drug-likeness (QED) is 0.660. The Morgan fingerprint density at radius 3 is 2.50 bits per heavy atom. The molecule has 2 aromatic rings. The summed E-state index contributed by atoms with van der Waals surface area (Å²) in [5.41, 5.74) is 3.02. The molecule has 1 N–H and O–H groups in total. The van der Waals surface area contributed by atoms with Crippen molar-refractivity contribution in [2.75, 3.05) is 6.54 Å². The topological polar surface area (TPSA) is 36.9 Å². The van der Waals surface area contributed by atoms with Gasteiger partial charge in [0.05, 0.1) is 5.10 Å². The average molecular weight is 358 g/mol. The number of hydrazone groups is 1. The minimum atomic E-state index is 0.0473. The Bertz CT molecular complexity index is 748. The molecule has 1 heterocycles. The molecule has 3 rings (SSSR count). The number of nitrogens with zero attached hydrogens (tertiary/aromatic N) is 2. The van der Waals surface area contributed by atoms with Crippen LogP contribution in [0.25, 0.3) is 0 Å². The zero-order valence-corrected chi connectivity index (χ0v) is 13.7. The zero-order chi connectivity index (χ0) is 15.5. The predicted octanol–water partition coefficient (Wildman–Crippen LogP) is 2.15. The number of halogens is 1. The van der Waals surface area contributed by atoms with E-state index < -0.39 is 0 Å². The van der Waals surface area contributed by atoms with E-state index in [0.717, 1.165) is 15.1 Å². The number of nitrogens with one attached hydrogen (secondary N) is 1. The van der Waals surface area contributed by atoms with Gasteiger partial charge < -0.3 is 0 Å². The molecule has 0 radical (unpaired) electrons. The number of quaternary nitrogens is 1. The standard InChI is InChI=1S/C17H15BrN3O/c1-13-2-8-16(9-3-13)20-11-19-21(12-20)10-17(22)14-4-6-15(18)7-5-14/h2-9,11-12H,10H2,1H3/q+1/p+1. The monoisotopic (exact) mass is 357 g/mol. The summed E-state index contributed by atoms with van der Waals surface area (Å²) in [6.07, 6.45) is 3.70. The molecule has 0 amide bonds.